The van der Waals surface area contributed by atoms with Crippen LogP contribution in [0, 0.1) is 0 Å². The lowest BCUT2D eigenvalue weighted by atomic mass is 10.2. The number of aromatic nitrogens is 4. The third-order valence-electron chi connectivity index (χ3n) is 1.40. The molecule has 1 aromatic heterocycles. The maximum Gasteiger partial charge on any atom is 0.174 e. The SMILES string of the molecule is C/C=C\CCCc1nn[nH]n1. The molecule has 0 spiro atoms. The van der Waals surface area contributed by atoms with Crippen LogP contribution in [-0.4, -0.2) is 20.6 Å². The standard InChI is InChI=1S/C7H12N4/c1-2-3-4-5-6-7-8-10-11-9-7/h2-3H,4-6H2,1H3,(H,8,9,10,11)/b3-2-. The van der Waals surface area contributed by atoms with Crippen LogP contribution in [0.4, 0.5) is 0 Å². The van der Waals surface area contributed by atoms with Crippen molar-refractivity contribution in [1.29, 1.82) is 0 Å². The van der Waals surface area contributed by atoms with E-state index in [9.17, 15) is 0 Å². The van der Waals surface area contributed by atoms with E-state index in [1.165, 1.54) is 0 Å². The molecule has 1 heterocycles. The number of tetrazole rings is 1. The predicted molar refractivity (Wildman–Crippen MR) is 41.9 cm³/mol. The number of hydrogen-bond acceptors (Lipinski definition) is 3. The molecule has 0 bridgehead atoms. The van der Waals surface area contributed by atoms with Crippen LogP contribution in [0.3, 0.4) is 0 Å². The van der Waals surface area contributed by atoms with E-state index in [-0.39, 0.29) is 0 Å². The monoisotopic (exact) mass is 152 g/mol. The molecule has 0 radical (unpaired) electrons. The second kappa shape index (κ2) is 4.60. The number of aryl methyl sites for hydroxylation is 1. The van der Waals surface area contributed by atoms with Crippen molar-refractivity contribution in [2.45, 2.75) is 26.2 Å². The summed E-state index contributed by atoms with van der Waals surface area (Å²) >= 11 is 0. The maximum atomic E-state index is 3.84. The van der Waals surface area contributed by atoms with Crippen molar-refractivity contribution in [3.8, 4) is 0 Å². The van der Waals surface area contributed by atoms with Gasteiger partial charge in [0.25, 0.3) is 0 Å². The fraction of sp³-hybridized carbons (Fsp3) is 0.571. The average Bonchev–Trinajstić information content (AvgIpc) is 2.50. The lowest BCUT2D eigenvalue weighted by Gasteiger charge is -1.88. The Morgan fingerprint density at radius 2 is 2.45 bits per heavy atom. The normalized spacial score (nSPS) is 11.0. The molecular formula is C7H12N4. The number of aromatic amines is 1. The molecule has 0 aliphatic carbocycles. The van der Waals surface area contributed by atoms with Crippen molar-refractivity contribution in [2.24, 2.45) is 0 Å². The second-order valence-corrected chi connectivity index (χ2v) is 2.29. The molecule has 0 saturated heterocycles. The topological polar surface area (TPSA) is 54.5 Å². The number of H-pyrrole nitrogens is 1. The number of nitrogens with one attached hydrogen (secondary N) is 1. The van der Waals surface area contributed by atoms with E-state index in [4.69, 9.17) is 0 Å². The van der Waals surface area contributed by atoms with Crippen molar-refractivity contribution >= 4 is 0 Å². The molecule has 0 saturated carbocycles. The summed E-state index contributed by atoms with van der Waals surface area (Å²) in [5.74, 6) is 0.800. The Morgan fingerprint density at radius 1 is 1.55 bits per heavy atom. The van der Waals surface area contributed by atoms with E-state index in [2.05, 4.69) is 32.8 Å². The summed E-state index contributed by atoms with van der Waals surface area (Å²) in [7, 11) is 0. The number of nitrogens with zero attached hydrogens (tertiary/aromatic N) is 3. The highest BCUT2D eigenvalue weighted by atomic mass is 15.5. The lowest BCUT2D eigenvalue weighted by molar-refractivity contribution is 0.788. The largest absolute Gasteiger partial charge is 0.177 e. The van der Waals surface area contributed by atoms with Gasteiger partial charge in [0.1, 0.15) is 0 Å². The first-order valence-corrected chi connectivity index (χ1v) is 3.77. The molecule has 1 rings (SSSR count). The Labute approximate surface area is 65.7 Å². The Hall–Kier alpha value is -1.19. The molecule has 0 aromatic carbocycles. The molecule has 0 aliphatic rings. The molecule has 0 aliphatic heterocycles. The van der Waals surface area contributed by atoms with E-state index in [0.29, 0.717) is 0 Å². The van der Waals surface area contributed by atoms with Crippen LogP contribution in [0.15, 0.2) is 12.2 Å². The van der Waals surface area contributed by atoms with Gasteiger partial charge in [-0.05, 0) is 19.8 Å². The van der Waals surface area contributed by atoms with Crippen molar-refractivity contribution in [3.05, 3.63) is 18.0 Å². The first-order chi connectivity index (χ1) is 5.43. The first kappa shape index (κ1) is 7.91. The maximum absolute atomic E-state index is 3.84. The highest BCUT2D eigenvalue weighted by Gasteiger charge is 1.94. The van der Waals surface area contributed by atoms with Crippen molar-refractivity contribution < 1.29 is 0 Å². The first-order valence-electron chi connectivity index (χ1n) is 3.77. The number of unbranched alkanes of at least 4 members (excludes halogenated alkanes) is 1. The van der Waals surface area contributed by atoms with Gasteiger partial charge >= 0.3 is 0 Å². The Morgan fingerprint density at radius 3 is 3.09 bits per heavy atom. The van der Waals surface area contributed by atoms with E-state index in [1.54, 1.807) is 0 Å². The Kier molecular flexibility index (Phi) is 3.31. The molecule has 4 heteroatoms. The summed E-state index contributed by atoms with van der Waals surface area (Å²) in [5, 5.41) is 13.6. The fourth-order valence-corrected chi connectivity index (χ4v) is 0.833. The summed E-state index contributed by atoms with van der Waals surface area (Å²) in [6.07, 6.45) is 7.27. The van der Waals surface area contributed by atoms with Crippen LogP contribution >= 0.6 is 0 Å². The average molecular weight is 152 g/mol. The van der Waals surface area contributed by atoms with Crippen molar-refractivity contribution in [3.63, 3.8) is 0 Å². The summed E-state index contributed by atoms with van der Waals surface area (Å²) in [6.45, 7) is 2.02. The number of allylic oxidation sites excluding steroid dienone is 2. The molecule has 60 valence electrons. The molecular weight excluding hydrogens is 140 g/mol. The third kappa shape index (κ3) is 2.93. The van der Waals surface area contributed by atoms with Crippen LogP contribution in [0.1, 0.15) is 25.6 Å². The second-order valence-electron chi connectivity index (χ2n) is 2.29. The zero-order chi connectivity index (χ0) is 7.94. The minimum atomic E-state index is 0.800. The Bertz CT molecular complexity index is 202. The smallest absolute Gasteiger partial charge is 0.174 e. The summed E-state index contributed by atoms with van der Waals surface area (Å²) in [4.78, 5) is 0. The van der Waals surface area contributed by atoms with Gasteiger partial charge < -0.3 is 0 Å². The zero-order valence-electron chi connectivity index (χ0n) is 6.62. The highest BCUT2D eigenvalue weighted by Crippen LogP contribution is 1.97. The summed E-state index contributed by atoms with van der Waals surface area (Å²) in [6, 6.07) is 0. The third-order valence-corrected chi connectivity index (χ3v) is 1.40. The van der Waals surface area contributed by atoms with Gasteiger partial charge in [0.2, 0.25) is 0 Å². The van der Waals surface area contributed by atoms with Gasteiger partial charge in [0.05, 0.1) is 0 Å². The highest BCUT2D eigenvalue weighted by molar-refractivity contribution is 4.81. The number of rotatable bonds is 4. The minimum absolute atomic E-state index is 0.800. The van der Waals surface area contributed by atoms with Gasteiger partial charge in [-0.25, -0.2) is 0 Å². The molecule has 0 amide bonds. The van der Waals surface area contributed by atoms with Crippen LogP contribution < -0.4 is 0 Å². The van der Waals surface area contributed by atoms with E-state index < -0.39 is 0 Å². The van der Waals surface area contributed by atoms with Crippen LogP contribution in [-0.2, 0) is 6.42 Å². The van der Waals surface area contributed by atoms with Crippen LogP contribution in [0.5, 0.6) is 0 Å². The van der Waals surface area contributed by atoms with Crippen LogP contribution in [0.25, 0.3) is 0 Å². The molecule has 1 aromatic rings. The predicted octanol–water partition coefficient (Wildman–Crippen LogP) is 1.10. The minimum Gasteiger partial charge on any atom is -0.177 e. The fourth-order valence-electron chi connectivity index (χ4n) is 0.833. The van der Waals surface area contributed by atoms with Gasteiger partial charge in [-0.15, -0.1) is 10.2 Å². The quantitative estimate of drug-likeness (QED) is 0.519. The zero-order valence-corrected chi connectivity index (χ0v) is 6.62. The van der Waals surface area contributed by atoms with Crippen LogP contribution in [0.2, 0.25) is 0 Å². The molecule has 0 atom stereocenters. The molecule has 0 fully saturated rings. The summed E-state index contributed by atoms with van der Waals surface area (Å²) < 4.78 is 0. The van der Waals surface area contributed by atoms with E-state index >= 15 is 0 Å². The van der Waals surface area contributed by atoms with Gasteiger partial charge in [0.15, 0.2) is 5.82 Å². The van der Waals surface area contributed by atoms with Crippen molar-refractivity contribution in [1.82, 2.24) is 20.6 Å². The molecule has 0 unspecified atom stereocenters. The van der Waals surface area contributed by atoms with Gasteiger partial charge in [-0.1, -0.05) is 17.4 Å². The molecule has 4 nitrogen and oxygen atoms in total. The Balaban J connectivity index is 2.14. The summed E-state index contributed by atoms with van der Waals surface area (Å²) in [5.41, 5.74) is 0. The van der Waals surface area contributed by atoms with E-state index in [0.717, 1.165) is 25.1 Å². The lowest BCUT2D eigenvalue weighted by Crippen LogP contribution is -1.87. The molecule has 11 heavy (non-hydrogen) atoms. The van der Waals surface area contributed by atoms with E-state index in [1.807, 2.05) is 6.92 Å². The number of hydrogen-bond donors (Lipinski definition) is 1. The molecule has 1 N–H and O–H groups in total. The van der Waals surface area contributed by atoms with Crippen molar-refractivity contribution in [2.75, 3.05) is 0 Å². The van der Waals surface area contributed by atoms with Gasteiger partial charge in [-0.2, -0.15) is 5.21 Å². The van der Waals surface area contributed by atoms with Gasteiger partial charge in [-0.3, -0.25) is 0 Å². The van der Waals surface area contributed by atoms with Gasteiger partial charge in [0, 0.05) is 6.42 Å².